The highest BCUT2D eigenvalue weighted by molar-refractivity contribution is 5.52. The normalized spacial score (nSPS) is 10.2. The molecule has 0 unspecified atom stereocenters. The molecule has 0 fully saturated rings. The van der Waals surface area contributed by atoms with Gasteiger partial charge in [0.05, 0.1) is 0 Å². The van der Waals surface area contributed by atoms with Crippen molar-refractivity contribution in [3.05, 3.63) is 22.8 Å². The zero-order valence-electron chi connectivity index (χ0n) is 7.68. The molecule has 0 radical (unpaired) electrons. The standard InChI is InChI=1S/C10H14O2/c1-4-8-7(3)6(2)5-9(11)10(8)12/h5,11-12H,4H2,1-3H3. The number of benzene rings is 1. The highest BCUT2D eigenvalue weighted by Gasteiger charge is 2.09. The van der Waals surface area contributed by atoms with E-state index in [1.807, 2.05) is 20.8 Å². The van der Waals surface area contributed by atoms with Gasteiger partial charge in [0.1, 0.15) is 0 Å². The third-order valence-corrected chi connectivity index (χ3v) is 2.28. The van der Waals surface area contributed by atoms with E-state index in [-0.39, 0.29) is 11.5 Å². The van der Waals surface area contributed by atoms with Gasteiger partial charge in [-0.2, -0.15) is 0 Å². The average molecular weight is 166 g/mol. The van der Waals surface area contributed by atoms with E-state index in [1.165, 1.54) is 0 Å². The third-order valence-electron chi connectivity index (χ3n) is 2.28. The summed E-state index contributed by atoms with van der Waals surface area (Å²) < 4.78 is 0. The molecule has 2 N–H and O–H groups in total. The molecule has 0 bridgehead atoms. The van der Waals surface area contributed by atoms with E-state index in [1.54, 1.807) is 6.07 Å². The van der Waals surface area contributed by atoms with Crippen LogP contribution in [0.2, 0.25) is 0 Å². The van der Waals surface area contributed by atoms with Crippen molar-refractivity contribution in [3.8, 4) is 11.5 Å². The van der Waals surface area contributed by atoms with E-state index in [4.69, 9.17) is 0 Å². The molecule has 2 nitrogen and oxygen atoms in total. The molecule has 0 aliphatic heterocycles. The summed E-state index contributed by atoms with van der Waals surface area (Å²) in [6.07, 6.45) is 0.743. The predicted octanol–water partition coefficient (Wildman–Crippen LogP) is 2.28. The van der Waals surface area contributed by atoms with Gasteiger partial charge in [-0.3, -0.25) is 0 Å². The minimum Gasteiger partial charge on any atom is -0.504 e. The highest BCUT2D eigenvalue weighted by atomic mass is 16.3. The number of hydrogen-bond acceptors (Lipinski definition) is 2. The second kappa shape index (κ2) is 3.05. The minimum atomic E-state index is -0.0186. The summed E-state index contributed by atoms with van der Waals surface area (Å²) >= 11 is 0. The Kier molecular flexibility index (Phi) is 2.27. The lowest BCUT2D eigenvalue weighted by molar-refractivity contribution is 0.399. The number of phenols is 2. The third kappa shape index (κ3) is 1.24. The van der Waals surface area contributed by atoms with E-state index in [0.29, 0.717) is 0 Å². The summed E-state index contributed by atoms with van der Waals surface area (Å²) in [7, 11) is 0. The maximum Gasteiger partial charge on any atom is 0.160 e. The molecule has 0 atom stereocenters. The first kappa shape index (κ1) is 8.91. The Balaban J connectivity index is 3.42. The van der Waals surface area contributed by atoms with E-state index in [2.05, 4.69) is 0 Å². The molecule has 0 amide bonds. The minimum absolute atomic E-state index is 0.0186. The molecule has 0 aliphatic rings. The molecule has 0 aromatic heterocycles. The first-order valence-corrected chi connectivity index (χ1v) is 4.09. The van der Waals surface area contributed by atoms with Crippen molar-refractivity contribution in [2.45, 2.75) is 27.2 Å². The number of aromatic hydroxyl groups is 2. The fourth-order valence-electron chi connectivity index (χ4n) is 1.38. The van der Waals surface area contributed by atoms with Crippen molar-refractivity contribution in [1.29, 1.82) is 0 Å². The van der Waals surface area contributed by atoms with Gasteiger partial charge in [-0.15, -0.1) is 0 Å². The second-order valence-corrected chi connectivity index (χ2v) is 3.02. The van der Waals surface area contributed by atoms with Crippen LogP contribution < -0.4 is 0 Å². The smallest absolute Gasteiger partial charge is 0.160 e. The maximum atomic E-state index is 9.45. The Bertz CT molecular complexity index is 277. The molecular weight excluding hydrogens is 152 g/mol. The Morgan fingerprint density at radius 2 is 1.83 bits per heavy atom. The number of aryl methyl sites for hydroxylation is 1. The predicted molar refractivity (Wildman–Crippen MR) is 48.6 cm³/mol. The molecule has 1 aromatic rings. The van der Waals surface area contributed by atoms with Crippen LogP contribution in [-0.2, 0) is 6.42 Å². The lowest BCUT2D eigenvalue weighted by Gasteiger charge is -2.10. The molecule has 2 heteroatoms. The van der Waals surface area contributed by atoms with Crippen LogP contribution in [0.3, 0.4) is 0 Å². The van der Waals surface area contributed by atoms with Crippen molar-refractivity contribution >= 4 is 0 Å². The van der Waals surface area contributed by atoms with Crippen LogP contribution in [0.25, 0.3) is 0 Å². The molecule has 66 valence electrons. The van der Waals surface area contributed by atoms with E-state index >= 15 is 0 Å². The van der Waals surface area contributed by atoms with Gasteiger partial charge >= 0.3 is 0 Å². The van der Waals surface area contributed by atoms with Crippen molar-refractivity contribution in [2.24, 2.45) is 0 Å². The van der Waals surface area contributed by atoms with Crippen molar-refractivity contribution < 1.29 is 10.2 Å². The monoisotopic (exact) mass is 166 g/mol. The van der Waals surface area contributed by atoms with Gasteiger partial charge in [0.25, 0.3) is 0 Å². The van der Waals surface area contributed by atoms with Crippen molar-refractivity contribution in [1.82, 2.24) is 0 Å². The van der Waals surface area contributed by atoms with Gasteiger partial charge in [0.2, 0.25) is 0 Å². The molecule has 0 saturated heterocycles. The molecule has 1 rings (SSSR count). The molecular formula is C10H14O2. The van der Waals surface area contributed by atoms with Crippen LogP contribution in [0.4, 0.5) is 0 Å². The van der Waals surface area contributed by atoms with Crippen LogP contribution >= 0.6 is 0 Å². The Morgan fingerprint density at radius 3 is 2.33 bits per heavy atom. The molecule has 0 heterocycles. The van der Waals surface area contributed by atoms with Gasteiger partial charge in [-0.1, -0.05) is 6.92 Å². The zero-order chi connectivity index (χ0) is 9.30. The summed E-state index contributed by atoms with van der Waals surface area (Å²) in [6, 6.07) is 1.59. The molecule has 12 heavy (non-hydrogen) atoms. The summed E-state index contributed by atoms with van der Waals surface area (Å²) in [5.41, 5.74) is 2.92. The van der Waals surface area contributed by atoms with Crippen LogP contribution in [0.1, 0.15) is 23.6 Å². The summed E-state index contributed by atoms with van der Waals surface area (Å²) in [6.45, 7) is 5.84. The lowest BCUT2D eigenvalue weighted by atomic mass is 10.00. The number of rotatable bonds is 1. The van der Waals surface area contributed by atoms with Crippen LogP contribution in [0.15, 0.2) is 6.07 Å². The summed E-state index contributed by atoms with van der Waals surface area (Å²) in [5, 5.41) is 18.7. The Hall–Kier alpha value is -1.18. The van der Waals surface area contributed by atoms with E-state index in [0.717, 1.165) is 23.1 Å². The SMILES string of the molecule is CCc1c(C)c(C)cc(O)c1O. The fourth-order valence-corrected chi connectivity index (χ4v) is 1.38. The molecule has 0 saturated carbocycles. The molecule has 0 spiro atoms. The van der Waals surface area contributed by atoms with Gasteiger partial charge in [0, 0.05) is 5.56 Å². The lowest BCUT2D eigenvalue weighted by Crippen LogP contribution is -1.91. The quantitative estimate of drug-likeness (QED) is 0.628. The van der Waals surface area contributed by atoms with Crippen LogP contribution in [0.5, 0.6) is 11.5 Å². The van der Waals surface area contributed by atoms with Crippen LogP contribution in [0, 0.1) is 13.8 Å². The fraction of sp³-hybridized carbons (Fsp3) is 0.400. The zero-order valence-corrected chi connectivity index (χ0v) is 7.68. The number of hydrogen-bond donors (Lipinski definition) is 2. The summed E-state index contributed by atoms with van der Waals surface area (Å²) in [4.78, 5) is 0. The first-order valence-electron chi connectivity index (χ1n) is 4.09. The van der Waals surface area contributed by atoms with Crippen molar-refractivity contribution in [3.63, 3.8) is 0 Å². The van der Waals surface area contributed by atoms with Gasteiger partial charge in [-0.25, -0.2) is 0 Å². The van der Waals surface area contributed by atoms with Gasteiger partial charge in [-0.05, 0) is 37.5 Å². The average Bonchev–Trinajstić information content (AvgIpc) is 2.02. The Labute approximate surface area is 72.5 Å². The topological polar surface area (TPSA) is 40.5 Å². The van der Waals surface area contributed by atoms with Gasteiger partial charge in [0.15, 0.2) is 11.5 Å². The first-order chi connectivity index (χ1) is 5.57. The van der Waals surface area contributed by atoms with Gasteiger partial charge < -0.3 is 10.2 Å². The Morgan fingerprint density at radius 1 is 1.25 bits per heavy atom. The van der Waals surface area contributed by atoms with Crippen LogP contribution in [-0.4, -0.2) is 10.2 Å². The number of phenolic OH excluding ortho intramolecular Hbond substituents is 2. The van der Waals surface area contributed by atoms with E-state index < -0.39 is 0 Å². The molecule has 0 aliphatic carbocycles. The highest BCUT2D eigenvalue weighted by Crippen LogP contribution is 2.33. The largest absolute Gasteiger partial charge is 0.504 e. The van der Waals surface area contributed by atoms with Crippen molar-refractivity contribution in [2.75, 3.05) is 0 Å². The molecule has 1 aromatic carbocycles. The van der Waals surface area contributed by atoms with E-state index in [9.17, 15) is 10.2 Å². The maximum absolute atomic E-state index is 9.45. The second-order valence-electron chi connectivity index (χ2n) is 3.02. The summed E-state index contributed by atoms with van der Waals surface area (Å²) in [5.74, 6) is 0.00977.